The van der Waals surface area contributed by atoms with Crippen LogP contribution >= 0.6 is 0 Å². The van der Waals surface area contributed by atoms with Crippen LogP contribution < -0.4 is 15.1 Å². The molecule has 1 aliphatic heterocycles. The van der Waals surface area contributed by atoms with E-state index in [4.69, 9.17) is 4.74 Å². The zero-order chi connectivity index (χ0) is 28.0. The molecule has 204 valence electrons. The molecule has 0 spiro atoms. The van der Waals surface area contributed by atoms with Crippen molar-refractivity contribution in [3.63, 3.8) is 0 Å². The molecule has 8 heteroatoms. The van der Waals surface area contributed by atoms with Crippen molar-refractivity contribution in [1.82, 2.24) is 14.9 Å². The molecule has 0 radical (unpaired) electrons. The average Bonchev–Trinajstić information content (AvgIpc) is 2.80. The monoisotopic (exact) mass is 523 g/mol. The van der Waals surface area contributed by atoms with Gasteiger partial charge in [-0.15, -0.1) is 15.8 Å². The van der Waals surface area contributed by atoms with Gasteiger partial charge in [0.1, 0.15) is 0 Å². The fraction of sp³-hybridized carbons (Fsp3) is 0.400. The molecule has 0 fully saturated rings. The van der Waals surface area contributed by atoms with E-state index in [1.54, 1.807) is 12.1 Å². The zero-order valence-corrected chi connectivity index (χ0v) is 23.2. The molecule has 4 rings (SSSR count). The Hall–Kier alpha value is -3.33. The molecule has 7 nitrogen and oxygen atoms in total. The number of halogens is 1. The second-order valence-corrected chi connectivity index (χ2v) is 10.6. The van der Waals surface area contributed by atoms with E-state index in [9.17, 15) is 14.8 Å². The number of quaternary nitrogens is 1. The maximum Gasteiger partial charge on any atom is 0.279 e. The lowest BCUT2D eigenvalue weighted by Gasteiger charge is -2.27. The Bertz CT molecular complexity index is 1240. The quantitative estimate of drug-likeness (QED) is 0.305. The number of aromatic nitrogens is 2. The van der Waals surface area contributed by atoms with Gasteiger partial charge in [0.15, 0.2) is 0 Å². The molecule has 4 bridgehead atoms. The lowest BCUT2D eigenvalue weighted by Crippen LogP contribution is -2.48. The topological polar surface area (TPSA) is 87.5 Å². The van der Waals surface area contributed by atoms with Gasteiger partial charge in [-0.25, -0.2) is 9.37 Å². The normalized spacial score (nSPS) is 17.1. The number of rotatable bonds is 4. The zero-order valence-electron chi connectivity index (χ0n) is 23.2. The molecule has 0 aliphatic carbocycles. The number of fused-ring (bicyclic) bond motifs is 4. The third-order valence-electron chi connectivity index (χ3n) is 6.56. The first kappa shape index (κ1) is 29.2. The highest BCUT2D eigenvalue weighted by molar-refractivity contribution is 5.69. The average molecular weight is 524 g/mol. The Balaban J connectivity index is 0.000000934. The fourth-order valence-corrected chi connectivity index (χ4v) is 4.83. The van der Waals surface area contributed by atoms with Crippen molar-refractivity contribution in [3.05, 3.63) is 77.6 Å². The van der Waals surface area contributed by atoms with Crippen LogP contribution in [0, 0.1) is 31.6 Å². The molecule has 2 heterocycles. The van der Waals surface area contributed by atoms with E-state index < -0.39 is 4.92 Å². The van der Waals surface area contributed by atoms with Gasteiger partial charge in [0.25, 0.3) is 5.95 Å². The number of hydrogen-bond donors (Lipinski definition) is 3. The highest BCUT2D eigenvalue weighted by Gasteiger charge is 2.31. The summed E-state index contributed by atoms with van der Waals surface area (Å²) in [5, 5.41) is 21.7. The second-order valence-electron chi connectivity index (χ2n) is 10.6. The van der Waals surface area contributed by atoms with Crippen LogP contribution in [0.5, 0.6) is 5.88 Å². The van der Waals surface area contributed by atoms with Crippen LogP contribution in [0.4, 0.5) is 16.0 Å². The first-order valence-corrected chi connectivity index (χ1v) is 13.0. The Labute approximate surface area is 225 Å². The number of ether oxygens (including phenoxy) is 1. The van der Waals surface area contributed by atoms with E-state index in [1.165, 1.54) is 6.92 Å². The van der Waals surface area contributed by atoms with Gasteiger partial charge < -0.3 is 4.74 Å². The molecule has 0 saturated carbocycles. The van der Waals surface area contributed by atoms with Crippen molar-refractivity contribution in [2.45, 2.75) is 54.4 Å². The SMILES string of the molecule is C=C(C)F.Cc1cccc(C)c1-c1cc2nc(n1)N[N+](O)(O)c1cccc(c1)CC(C(C)CC(C)C)CO2. The van der Waals surface area contributed by atoms with E-state index in [-0.39, 0.29) is 23.4 Å². The van der Waals surface area contributed by atoms with E-state index in [1.807, 2.05) is 50.2 Å². The van der Waals surface area contributed by atoms with Crippen LogP contribution in [0.2, 0.25) is 0 Å². The molecule has 1 aromatic heterocycles. The van der Waals surface area contributed by atoms with Crippen LogP contribution in [0.3, 0.4) is 0 Å². The Morgan fingerprint density at radius 1 is 1.11 bits per heavy atom. The molecule has 0 saturated heterocycles. The summed E-state index contributed by atoms with van der Waals surface area (Å²) in [7, 11) is 0. The predicted molar refractivity (Wildman–Crippen MR) is 150 cm³/mol. The Morgan fingerprint density at radius 2 is 1.74 bits per heavy atom. The molecule has 2 atom stereocenters. The third kappa shape index (κ3) is 7.84. The molecular formula is C30H40FN4O3+. The first-order chi connectivity index (χ1) is 17.9. The molecule has 2 aromatic carbocycles. The smallest absolute Gasteiger partial charge is 0.279 e. The van der Waals surface area contributed by atoms with Crippen LogP contribution in [0.1, 0.15) is 50.8 Å². The predicted octanol–water partition coefficient (Wildman–Crippen LogP) is 7.60. The highest BCUT2D eigenvalue weighted by atomic mass is 19.1. The van der Waals surface area contributed by atoms with Gasteiger partial charge in [0, 0.05) is 23.8 Å². The van der Waals surface area contributed by atoms with Crippen molar-refractivity contribution in [2.24, 2.45) is 17.8 Å². The third-order valence-corrected chi connectivity index (χ3v) is 6.56. The van der Waals surface area contributed by atoms with Gasteiger partial charge >= 0.3 is 0 Å². The summed E-state index contributed by atoms with van der Waals surface area (Å²) in [5.74, 6) is 1.38. The van der Waals surface area contributed by atoms with E-state index in [0.717, 1.165) is 35.1 Å². The maximum atomic E-state index is 10.9. The summed E-state index contributed by atoms with van der Waals surface area (Å²) in [5.41, 5.74) is 7.74. The van der Waals surface area contributed by atoms with Gasteiger partial charge in [0.05, 0.1) is 23.0 Å². The summed E-state index contributed by atoms with van der Waals surface area (Å²) in [4.78, 5) is 7.52. The number of nitrogens with one attached hydrogen (secondary N) is 1. The molecule has 2 unspecified atom stereocenters. The minimum atomic E-state index is -1.56. The molecule has 38 heavy (non-hydrogen) atoms. The first-order valence-electron chi connectivity index (χ1n) is 13.0. The van der Waals surface area contributed by atoms with E-state index in [0.29, 0.717) is 30.0 Å². The van der Waals surface area contributed by atoms with Gasteiger partial charge in [-0.1, -0.05) is 57.7 Å². The number of anilines is 1. The maximum absolute atomic E-state index is 10.9. The van der Waals surface area contributed by atoms with E-state index >= 15 is 0 Å². The van der Waals surface area contributed by atoms with E-state index in [2.05, 4.69) is 42.7 Å². The number of allylic oxidation sites excluding steroid dienone is 1. The van der Waals surface area contributed by atoms with Crippen LogP contribution in [-0.2, 0) is 6.42 Å². The molecule has 3 aromatic rings. The van der Waals surface area contributed by atoms with Crippen molar-refractivity contribution in [2.75, 3.05) is 12.0 Å². The highest BCUT2D eigenvalue weighted by Crippen LogP contribution is 2.32. The van der Waals surface area contributed by atoms with Crippen molar-refractivity contribution in [3.8, 4) is 17.1 Å². The summed E-state index contributed by atoms with van der Waals surface area (Å²) in [6.45, 7) is 15.5. The minimum absolute atomic E-state index is 0.0675. The van der Waals surface area contributed by atoms with Crippen LogP contribution in [0.15, 0.2) is 60.9 Å². The standard InChI is InChI=1S/C27H35N4O3.C3H5F/c1-17(2)12-20(5)22-13-21-10-7-11-23(14-21)31(32,33)30-27-28-24(15-25(29-27)34-16-22)26-18(3)8-6-9-19(26)4;1-3(2)4/h6-11,14-15,17,20,22,32-33H,12-13,16H2,1-5H3,(H,28,29,30);1H2,2H3/q+1;. The Kier molecular flexibility index (Phi) is 9.60. The van der Waals surface area contributed by atoms with Gasteiger partial charge in [-0.05, 0) is 68.1 Å². The molecule has 3 N–H and O–H groups in total. The fourth-order valence-electron chi connectivity index (χ4n) is 4.83. The summed E-state index contributed by atoms with van der Waals surface area (Å²) < 4.78 is 17.1. The van der Waals surface area contributed by atoms with Gasteiger partial charge in [0.2, 0.25) is 11.6 Å². The number of aryl methyl sites for hydroxylation is 2. The van der Waals surface area contributed by atoms with Crippen molar-refractivity contribution in [1.29, 1.82) is 0 Å². The van der Waals surface area contributed by atoms with Gasteiger partial charge in [-0.3, -0.25) is 0 Å². The minimum Gasteiger partial charge on any atom is -0.477 e. The number of nitrogens with zero attached hydrogens (tertiary/aromatic N) is 3. The van der Waals surface area contributed by atoms with Crippen molar-refractivity contribution >= 4 is 11.6 Å². The second kappa shape index (κ2) is 12.5. The van der Waals surface area contributed by atoms with Crippen LogP contribution in [0.25, 0.3) is 11.3 Å². The molecule has 1 aliphatic rings. The van der Waals surface area contributed by atoms with Gasteiger partial charge in [-0.2, -0.15) is 4.98 Å². The largest absolute Gasteiger partial charge is 0.477 e. The molecular weight excluding hydrogens is 483 g/mol. The lowest BCUT2D eigenvalue weighted by molar-refractivity contribution is -0.273. The number of benzene rings is 2. The lowest BCUT2D eigenvalue weighted by atomic mass is 9.83. The summed E-state index contributed by atoms with van der Waals surface area (Å²) >= 11 is 0. The van der Waals surface area contributed by atoms with Crippen LogP contribution in [-0.4, -0.2) is 27.0 Å². The molecule has 0 amide bonds. The van der Waals surface area contributed by atoms with Crippen molar-refractivity contribution < 1.29 is 19.5 Å². The summed E-state index contributed by atoms with van der Waals surface area (Å²) in [6.07, 6.45) is 1.85. The Morgan fingerprint density at radius 3 is 2.37 bits per heavy atom. The number of hydrogen-bond acceptors (Lipinski definition) is 6. The summed E-state index contributed by atoms with van der Waals surface area (Å²) in [6, 6.07) is 15.2.